The molecule has 1 aliphatic heterocycles. The van der Waals surface area contributed by atoms with Gasteiger partial charge in [0, 0.05) is 38.1 Å². The van der Waals surface area contributed by atoms with Crippen molar-refractivity contribution >= 4 is 22.7 Å². The average molecular weight is 336 g/mol. The van der Waals surface area contributed by atoms with Gasteiger partial charge in [0.1, 0.15) is 12.1 Å². The van der Waals surface area contributed by atoms with Crippen molar-refractivity contribution in [2.24, 2.45) is 13.0 Å². The summed E-state index contributed by atoms with van der Waals surface area (Å²) in [5.74, 6) is -0.246. The summed E-state index contributed by atoms with van der Waals surface area (Å²) in [4.78, 5) is 22.5. The molecule has 1 saturated heterocycles. The summed E-state index contributed by atoms with van der Waals surface area (Å²) in [6, 6.07) is 8.12. The second kappa shape index (κ2) is 6.20. The molecule has 0 radical (unpaired) electrons. The molecule has 1 N–H and O–H groups in total. The maximum Gasteiger partial charge on any atom is 0.308 e. The van der Waals surface area contributed by atoms with Crippen molar-refractivity contribution in [1.82, 2.24) is 14.5 Å². The molecule has 0 saturated carbocycles. The predicted molar refractivity (Wildman–Crippen MR) is 96.5 cm³/mol. The quantitative estimate of drug-likeness (QED) is 0.796. The third kappa shape index (κ3) is 2.84. The Morgan fingerprint density at radius 1 is 1.28 bits per heavy atom. The van der Waals surface area contributed by atoms with E-state index in [2.05, 4.69) is 33.2 Å². The number of carboxylic acids is 1. The highest BCUT2D eigenvalue weighted by molar-refractivity contribution is 6.02. The minimum atomic E-state index is -0.730. The van der Waals surface area contributed by atoms with Gasteiger partial charge in [-0.05, 0) is 30.5 Å². The van der Waals surface area contributed by atoms with E-state index in [-0.39, 0.29) is 5.92 Å². The van der Waals surface area contributed by atoms with E-state index in [1.54, 1.807) is 6.33 Å². The number of anilines is 1. The molecule has 3 aromatic rings. The van der Waals surface area contributed by atoms with Crippen LogP contribution in [0.3, 0.4) is 0 Å². The minimum Gasteiger partial charge on any atom is -0.481 e. The third-order valence-corrected chi connectivity index (χ3v) is 4.86. The normalized spacial score (nSPS) is 17.8. The van der Waals surface area contributed by atoms with Crippen LogP contribution in [0.2, 0.25) is 0 Å². The van der Waals surface area contributed by atoms with Crippen molar-refractivity contribution in [3.05, 3.63) is 43.0 Å². The van der Waals surface area contributed by atoms with Gasteiger partial charge in [-0.1, -0.05) is 12.1 Å². The maximum atomic E-state index is 11.4. The molecule has 6 heteroatoms. The molecule has 4 rings (SSSR count). The molecule has 1 unspecified atom stereocenters. The van der Waals surface area contributed by atoms with Crippen LogP contribution in [-0.2, 0) is 11.8 Å². The van der Waals surface area contributed by atoms with E-state index in [0.29, 0.717) is 6.54 Å². The predicted octanol–water partition coefficient (Wildman–Crippen LogP) is 2.94. The lowest BCUT2D eigenvalue weighted by Gasteiger charge is -2.32. The smallest absolute Gasteiger partial charge is 0.308 e. The van der Waals surface area contributed by atoms with Gasteiger partial charge in [0.05, 0.1) is 16.8 Å². The van der Waals surface area contributed by atoms with Gasteiger partial charge in [0.15, 0.2) is 0 Å². The Balaban J connectivity index is 1.85. The zero-order valence-corrected chi connectivity index (χ0v) is 14.1. The molecule has 0 bridgehead atoms. The summed E-state index contributed by atoms with van der Waals surface area (Å²) in [6.07, 6.45) is 7.23. The molecule has 0 aliphatic carbocycles. The molecule has 1 aliphatic rings. The topological polar surface area (TPSA) is 71.2 Å². The molecule has 128 valence electrons. The molecule has 25 heavy (non-hydrogen) atoms. The first-order valence-corrected chi connectivity index (χ1v) is 8.47. The Labute approximate surface area is 145 Å². The Morgan fingerprint density at radius 3 is 2.92 bits per heavy atom. The van der Waals surface area contributed by atoms with E-state index >= 15 is 0 Å². The Morgan fingerprint density at radius 2 is 2.16 bits per heavy atom. The van der Waals surface area contributed by atoms with Gasteiger partial charge in [0.25, 0.3) is 0 Å². The lowest BCUT2D eigenvalue weighted by atomic mass is 9.97. The number of benzene rings is 1. The van der Waals surface area contributed by atoms with Crippen LogP contribution in [0.5, 0.6) is 0 Å². The van der Waals surface area contributed by atoms with Crippen LogP contribution in [0.25, 0.3) is 22.0 Å². The zero-order valence-electron chi connectivity index (χ0n) is 14.1. The number of hydrogen-bond acceptors (Lipinski definition) is 4. The molecule has 1 aromatic carbocycles. The van der Waals surface area contributed by atoms with Crippen molar-refractivity contribution in [3.8, 4) is 11.1 Å². The number of carbonyl (C=O) groups is 1. The number of rotatable bonds is 3. The molecule has 1 fully saturated rings. The van der Waals surface area contributed by atoms with Gasteiger partial charge in [-0.3, -0.25) is 4.79 Å². The SMILES string of the molecule is Cn1ccc(-c2cccc3ncnc(N4CCCC(C(=O)O)C4)c23)c1. The molecule has 3 heterocycles. The molecule has 0 amide bonds. The number of nitrogens with zero attached hydrogens (tertiary/aromatic N) is 4. The van der Waals surface area contributed by atoms with Gasteiger partial charge in [-0.25, -0.2) is 9.97 Å². The highest BCUT2D eigenvalue weighted by Gasteiger charge is 2.27. The molecular formula is C19H20N4O2. The number of fused-ring (bicyclic) bond motifs is 1. The second-order valence-electron chi connectivity index (χ2n) is 6.59. The Bertz CT molecular complexity index is 929. The largest absolute Gasteiger partial charge is 0.481 e. The van der Waals surface area contributed by atoms with Gasteiger partial charge in [-0.15, -0.1) is 0 Å². The van der Waals surface area contributed by atoms with Crippen molar-refractivity contribution in [3.63, 3.8) is 0 Å². The molecular weight excluding hydrogens is 316 g/mol. The highest BCUT2D eigenvalue weighted by atomic mass is 16.4. The molecule has 1 atom stereocenters. The van der Waals surface area contributed by atoms with Crippen LogP contribution in [0, 0.1) is 5.92 Å². The summed E-state index contributed by atoms with van der Waals surface area (Å²) in [5, 5.41) is 10.4. The molecule has 6 nitrogen and oxygen atoms in total. The van der Waals surface area contributed by atoms with Crippen LogP contribution >= 0.6 is 0 Å². The van der Waals surface area contributed by atoms with Gasteiger partial charge in [0.2, 0.25) is 0 Å². The number of aryl methyl sites for hydroxylation is 1. The van der Waals surface area contributed by atoms with Crippen molar-refractivity contribution in [2.75, 3.05) is 18.0 Å². The van der Waals surface area contributed by atoms with E-state index in [1.807, 2.05) is 29.9 Å². The number of aliphatic carboxylic acids is 1. The van der Waals surface area contributed by atoms with Gasteiger partial charge < -0.3 is 14.6 Å². The van der Waals surface area contributed by atoms with E-state index in [0.717, 1.165) is 47.2 Å². The second-order valence-corrected chi connectivity index (χ2v) is 6.59. The van der Waals surface area contributed by atoms with Crippen LogP contribution in [0.4, 0.5) is 5.82 Å². The number of hydrogen-bond donors (Lipinski definition) is 1. The van der Waals surface area contributed by atoms with E-state index < -0.39 is 5.97 Å². The van der Waals surface area contributed by atoms with Crippen LogP contribution in [0.1, 0.15) is 12.8 Å². The van der Waals surface area contributed by atoms with E-state index in [1.165, 1.54) is 0 Å². The summed E-state index contributed by atoms with van der Waals surface area (Å²) in [6.45, 7) is 1.31. The van der Waals surface area contributed by atoms with Crippen molar-refractivity contribution in [2.45, 2.75) is 12.8 Å². The molecule has 2 aromatic heterocycles. The Kier molecular flexibility index (Phi) is 3.87. The first-order chi connectivity index (χ1) is 12.1. The summed E-state index contributed by atoms with van der Waals surface area (Å²) in [5.41, 5.74) is 3.06. The number of carboxylic acid groups (broad SMARTS) is 1. The van der Waals surface area contributed by atoms with E-state index in [4.69, 9.17) is 0 Å². The van der Waals surface area contributed by atoms with Crippen LogP contribution in [0.15, 0.2) is 43.0 Å². The summed E-state index contributed by atoms with van der Waals surface area (Å²) in [7, 11) is 1.99. The molecule has 0 spiro atoms. The fourth-order valence-corrected chi connectivity index (χ4v) is 3.61. The van der Waals surface area contributed by atoms with Gasteiger partial charge >= 0.3 is 5.97 Å². The van der Waals surface area contributed by atoms with E-state index in [9.17, 15) is 9.90 Å². The average Bonchev–Trinajstić information content (AvgIpc) is 3.07. The standard InChI is InChI=1S/C19H20N4O2/c1-22-9-7-13(10-22)15-5-2-6-16-17(15)18(21-12-20-16)23-8-3-4-14(11-23)19(24)25/h2,5-7,9-10,12,14H,3-4,8,11H2,1H3,(H,24,25). The summed E-state index contributed by atoms with van der Waals surface area (Å²) >= 11 is 0. The maximum absolute atomic E-state index is 11.4. The lowest BCUT2D eigenvalue weighted by Crippen LogP contribution is -2.39. The van der Waals surface area contributed by atoms with Crippen molar-refractivity contribution in [1.29, 1.82) is 0 Å². The third-order valence-electron chi connectivity index (χ3n) is 4.86. The minimum absolute atomic E-state index is 0.345. The number of piperidine rings is 1. The summed E-state index contributed by atoms with van der Waals surface area (Å²) < 4.78 is 2.01. The fourth-order valence-electron chi connectivity index (χ4n) is 3.61. The van der Waals surface area contributed by atoms with Crippen LogP contribution in [-0.4, -0.2) is 38.7 Å². The van der Waals surface area contributed by atoms with Crippen molar-refractivity contribution < 1.29 is 9.90 Å². The van der Waals surface area contributed by atoms with Gasteiger partial charge in [-0.2, -0.15) is 0 Å². The van der Waals surface area contributed by atoms with Crippen LogP contribution < -0.4 is 4.90 Å². The first-order valence-electron chi connectivity index (χ1n) is 8.47. The highest BCUT2D eigenvalue weighted by Crippen LogP contribution is 2.35. The first kappa shape index (κ1) is 15.6. The lowest BCUT2D eigenvalue weighted by molar-refractivity contribution is -0.141. The fraction of sp³-hybridized carbons (Fsp3) is 0.316. The monoisotopic (exact) mass is 336 g/mol. The zero-order chi connectivity index (χ0) is 17.4. The Hall–Kier alpha value is -2.89. The number of aromatic nitrogens is 3.